The number of hydrogen-bond donors (Lipinski definition) is 1. The Kier molecular flexibility index (Phi) is 11.0. The third kappa shape index (κ3) is 8.81. The third-order valence-electron chi connectivity index (χ3n) is 7.05. The van der Waals surface area contributed by atoms with Crippen LogP contribution in [0.4, 0.5) is 4.39 Å². The fourth-order valence-corrected chi connectivity index (χ4v) is 4.85. The van der Waals surface area contributed by atoms with Gasteiger partial charge in [-0.2, -0.15) is 0 Å². The number of halogens is 2. The van der Waals surface area contributed by atoms with Crippen LogP contribution in [0.5, 0.6) is 0 Å². The topological polar surface area (TPSA) is 81.9 Å². The fraction of sp³-hybridized carbons (Fsp3) is 0.406. The molecule has 1 N–H and O–H groups in total. The van der Waals surface area contributed by atoms with E-state index in [0.29, 0.717) is 44.1 Å². The van der Waals surface area contributed by atoms with Gasteiger partial charge in [0.25, 0.3) is 5.91 Å². The Labute approximate surface area is 250 Å². The molecule has 0 saturated heterocycles. The number of fused-ring (bicyclic) bond motifs is 1. The second kappa shape index (κ2) is 14.9. The molecule has 10 heteroatoms. The third-order valence-corrected chi connectivity index (χ3v) is 7.34. The minimum Gasteiger partial charge on any atom is -0.465 e. The molecule has 1 aromatic heterocycles. The van der Waals surface area contributed by atoms with E-state index in [1.165, 1.54) is 12.3 Å². The molecule has 42 heavy (non-hydrogen) atoms. The van der Waals surface area contributed by atoms with Crippen LogP contribution >= 0.6 is 11.6 Å². The normalized spacial score (nSPS) is 12.8. The lowest BCUT2D eigenvalue weighted by molar-refractivity contribution is -0.883. The van der Waals surface area contributed by atoms with Gasteiger partial charge < -0.3 is 23.9 Å². The quantitative estimate of drug-likeness (QED) is 0.182. The number of aromatic nitrogens is 1. The lowest BCUT2D eigenvalue weighted by Crippen LogP contribution is -2.40. The highest BCUT2D eigenvalue weighted by atomic mass is 35.5. The Morgan fingerprint density at radius 3 is 2.71 bits per heavy atom. The number of ether oxygens (including phenoxy) is 1. The first-order valence-corrected chi connectivity index (χ1v) is 14.5. The molecule has 2 heterocycles. The summed E-state index contributed by atoms with van der Waals surface area (Å²) in [7, 11) is 4.30. The molecule has 1 aliphatic rings. The number of unbranched alkanes of at least 4 members (excludes halogenated alkanes) is 3. The maximum Gasteiger partial charge on any atom is 0.256 e. The highest BCUT2D eigenvalue weighted by Crippen LogP contribution is 2.22. The Hall–Kier alpha value is -3.87. The molecule has 3 aromatic rings. The molecular formula is C32H37ClFN4O4+. The summed E-state index contributed by atoms with van der Waals surface area (Å²) in [6.07, 6.45) is 6.03. The maximum atomic E-state index is 14.3. The van der Waals surface area contributed by atoms with Crippen molar-refractivity contribution in [1.29, 1.82) is 0 Å². The van der Waals surface area contributed by atoms with Crippen LogP contribution in [0.1, 0.15) is 48.0 Å². The van der Waals surface area contributed by atoms with Gasteiger partial charge in [0.15, 0.2) is 6.61 Å². The summed E-state index contributed by atoms with van der Waals surface area (Å²) >= 11 is 6.03. The van der Waals surface area contributed by atoms with Crippen molar-refractivity contribution in [3.05, 3.63) is 80.9 Å². The van der Waals surface area contributed by atoms with Crippen molar-refractivity contribution in [3.8, 4) is 11.8 Å². The van der Waals surface area contributed by atoms with Gasteiger partial charge in [0.2, 0.25) is 11.3 Å². The smallest absolute Gasteiger partial charge is 0.256 e. The molecule has 1 aliphatic heterocycles. The first-order chi connectivity index (χ1) is 20.2. The van der Waals surface area contributed by atoms with Crippen molar-refractivity contribution >= 4 is 34.3 Å². The van der Waals surface area contributed by atoms with Gasteiger partial charge in [0.1, 0.15) is 24.5 Å². The van der Waals surface area contributed by atoms with Crippen molar-refractivity contribution in [1.82, 2.24) is 9.88 Å². The maximum absolute atomic E-state index is 14.3. The van der Waals surface area contributed by atoms with Crippen LogP contribution < -0.4 is 10.7 Å². The van der Waals surface area contributed by atoms with Crippen LogP contribution in [-0.4, -0.2) is 67.8 Å². The van der Waals surface area contributed by atoms with Gasteiger partial charge in [-0.3, -0.25) is 9.59 Å². The van der Waals surface area contributed by atoms with Crippen LogP contribution in [0.15, 0.2) is 58.6 Å². The van der Waals surface area contributed by atoms with Crippen LogP contribution in [0, 0.1) is 17.7 Å². The van der Waals surface area contributed by atoms with Gasteiger partial charge in [0, 0.05) is 24.7 Å². The number of nitrogens with zero attached hydrogens (tertiary/aromatic N) is 3. The van der Waals surface area contributed by atoms with Gasteiger partial charge >= 0.3 is 0 Å². The lowest BCUT2D eigenvalue weighted by Gasteiger charge is -2.27. The van der Waals surface area contributed by atoms with E-state index in [9.17, 15) is 14.0 Å². The summed E-state index contributed by atoms with van der Waals surface area (Å²) in [6, 6.07) is 12.2. The summed E-state index contributed by atoms with van der Waals surface area (Å²) in [5.41, 5.74) is 0.914. The largest absolute Gasteiger partial charge is 0.465 e. The van der Waals surface area contributed by atoms with Crippen molar-refractivity contribution in [3.63, 3.8) is 0 Å². The number of hydrogen-bond acceptors (Lipinski definition) is 5. The summed E-state index contributed by atoms with van der Waals surface area (Å²) < 4.78 is 22.3. The van der Waals surface area contributed by atoms with E-state index in [-0.39, 0.29) is 16.0 Å². The molecular weight excluding hydrogens is 559 g/mol. The van der Waals surface area contributed by atoms with Gasteiger partial charge in [-0.15, -0.1) is 0 Å². The molecule has 0 saturated carbocycles. The van der Waals surface area contributed by atoms with Crippen molar-refractivity contribution in [2.24, 2.45) is 5.16 Å². The number of nitrogens with one attached hydrogen (secondary N) is 1. The van der Waals surface area contributed by atoms with E-state index in [4.69, 9.17) is 21.2 Å². The minimum absolute atomic E-state index is 0.0183. The Bertz CT molecular complexity index is 1540. The number of pyridine rings is 1. The molecule has 0 spiro atoms. The number of carbonyl (C=O) groups excluding carboxylic acids is 1. The van der Waals surface area contributed by atoms with Gasteiger partial charge in [-0.25, -0.2) is 4.39 Å². The summed E-state index contributed by atoms with van der Waals surface area (Å²) in [5.74, 6) is 5.65. The van der Waals surface area contributed by atoms with E-state index in [0.717, 1.165) is 54.9 Å². The zero-order valence-corrected chi connectivity index (χ0v) is 24.9. The van der Waals surface area contributed by atoms with E-state index < -0.39 is 17.2 Å². The van der Waals surface area contributed by atoms with Crippen molar-refractivity contribution < 1.29 is 23.2 Å². The second-order valence-electron chi connectivity index (χ2n) is 11.0. The molecule has 0 fully saturated rings. The minimum atomic E-state index is -0.696. The van der Waals surface area contributed by atoms with Crippen molar-refractivity contribution in [2.75, 3.05) is 46.9 Å². The monoisotopic (exact) mass is 595 g/mol. The molecule has 222 valence electrons. The molecule has 0 unspecified atom stereocenters. The second-order valence-corrected chi connectivity index (χ2v) is 11.4. The molecule has 1 amide bonds. The van der Waals surface area contributed by atoms with Crippen LogP contribution in [0.25, 0.3) is 10.9 Å². The summed E-state index contributed by atoms with van der Waals surface area (Å²) in [4.78, 5) is 31.1. The Morgan fingerprint density at radius 2 is 1.95 bits per heavy atom. The summed E-state index contributed by atoms with van der Waals surface area (Å²) in [5, 5.41) is 6.70. The number of oxime groups is 1. The predicted molar refractivity (Wildman–Crippen MR) is 163 cm³/mol. The highest BCUT2D eigenvalue weighted by Gasteiger charge is 2.18. The highest BCUT2D eigenvalue weighted by molar-refractivity contribution is 6.31. The average Bonchev–Trinajstić information content (AvgIpc) is 3.49. The number of rotatable bonds is 12. The molecule has 8 nitrogen and oxygen atoms in total. The predicted octanol–water partition coefficient (Wildman–Crippen LogP) is 4.96. The number of amides is 1. The molecule has 0 bridgehead atoms. The molecule has 0 aliphatic carbocycles. The Morgan fingerprint density at radius 1 is 1.17 bits per heavy atom. The van der Waals surface area contributed by atoms with Crippen LogP contribution in [0.2, 0.25) is 5.02 Å². The molecule has 0 radical (unpaired) electrons. The number of benzene rings is 2. The zero-order valence-electron chi connectivity index (χ0n) is 24.1. The lowest BCUT2D eigenvalue weighted by atomic mass is 10.1. The SMILES string of the molecule is C[N+](C)(CC#CCOC1=NOCC1)CCCCCCNC(=O)c1cn(Cc2ccccc2)c2cc(Cl)c(F)cc2c1=O. The van der Waals surface area contributed by atoms with Crippen LogP contribution in [-0.2, 0) is 16.1 Å². The zero-order chi connectivity index (χ0) is 30.0. The first kappa shape index (κ1) is 31.1. The van der Waals surface area contributed by atoms with Gasteiger partial charge in [-0.1, -0.05) is 59.4 Å². The van der Waals surface area contributed by atoms with E-state index in [2.05, 4.69) is 36.4 Å². The average molecular weight is 596 g/mol. The standard InChI is InChI=1S/C32H36ClFN4O4/c1-38(2,17-10-11-18-41-30-14-19-42-36-30)16-9-4-3-8-15-35-32(40)26-23-37(22-24-12-6-5-7-13-24)29-21-27(33)28(34)20-25(29)31(26)39/h5-7,12-13,20-21,23H,3-4,8-9,14-19,22H2,1-2H3/p+1. The van der Waals surface area contributed by atoms with E-state index in [1.54, 1.807) is 4.57 Å². The number of carbonyl (C=O) groups is 1. The molecule has 4 rings (SSSR count). The van der Waals surface area contributed by atoms with Crippen molar-refractivity contribution in [2.45, 2.75) is 38.6 Å². The van der Waals surface area contributed by atoms with E-state index >= 15 is 0 Å². The van der Waals surface area contributed by atoms with Gasteiger partial charge in [-0.05, 0) is 42.9 Å². The first-order valence-electron chi connectivity index (χ1n) is 14.2. The Balaban J connectivity index is 1.25. The summed E-state index contributed by atoms with van der Waals surface area (Å²) in [6.45, 7) is 3.45. The molecule has 2 aromatic carbocycles. The van der Waals surface area contributed by atoms with E-state index in [1.807, 2.05) is 30.3 Å². The molecule has 0 atom stereocenters. The van der Waals surface area contributed by atoms with Crippen LogP contribution in [0.3, 0.4) is 0 Å². The fourth-order valence-electron chi connectivity index (χ4n) is 4.69. The number of quaternary nitrogens is 1. The van der Waals surface area contributed by atoms with Gasteiger partial charge in [0.05, 0.1) is 37.6 Å².